The number of rotatable bonds is 10. The fourth-order valence-corrected chi connectivity index (χ4v) is 4.31. The summed E-state index contributed by atoms with van der Waals surface area (Å²) in [5, 5.41) is 9.01. The number of hydrogen-bond donors (Lipinski definition) is 3. The number of nitrogens with one attached hydrogen (secondary N) is 2. The summed E-state index contributed by atoms with van der Waals surface area (Å²) in [5.74, 6) is -0.104. The molecule has 0 radical (unpaired) electrons. The molecule has 0 saturated carbocycles. The van der Waals surface area contributed by atoms with E-state index in [0.717, 1.165) is 12.0 Å². The van der Waals surface area contributed by atoms with Crippen LogP contribution >= 0.6 is 0 Å². The summed E-state index contributed by atoms with van der Waals surface area (Å²) in [4.78, 5) is 13.8. The predicted octanol–water partition coefficient (Wildman–Crippen LogP) is 0.793. The van der Waals surface area contributed by atoms with Crippen LogP contribution in [0.4, 0.5) is 0 Å². The van der Waals surface area contributed by atoms with E-state index in [1.807, 2.05) is 30.3 Å². The van der Waals surface area contributed by atoms with Crippen LogP contribution in [0, 0.1) is 0 Å². The zero-order valence-electron chi connectivity index (χ0n) is 17.1. The Labute approximate surface area is 182 Å². The first kappa shape index (κ1) is 23.2. The summed E-state index contributed by atoms with van der Waals surface area (Å²) in [6.45, 7) is 2.11. The third kappa shape index (κ3) is 6.74. The first-order valence-electron chi connectivity index (χ1n) is 10.0. The van der Waals surface area contributed by atoms with Crippen molar-refractivity contribution in [1.82, 2.24) is 15.1 Å². The number of sulfonamides is 1. The van der Waals surface area contributed by atoms with Gasteiger partial charge in [0, 0.05) is 26.1 Å². The number of hydroxylamine groups is 1. The van der Waals surface area contributed by atoms with Crippen molar-refractivity contribution in [3.8, 4) is 5.75 Å². The molecule has 0 aliphatic carbocycles. The fourth-order valence-electron chi connectivity index (χ4n) is 3.27. The van der Waals surface area contributed by atoms with Crippen LogP contribution in [0.15, 0.2) is 59.5 Å². The van der Waals surface area contributed by atoms with Gasteiger partial charge in [0.15, 0.2) is 0 Å². The summed E-state index contributed by atoms with van der Waals surface area (Å²) < 4.78 is 38.7. The van der Waals surface area contributed by atoms with Crippen molar-refractivity contribution in [1.29, 1.82) is 0 Å². The minimum Gasteiger partial charge on any atom is -0.493 e. The van der Waals surface area contributed by atoms with E-state index in [1.165, 1.54) is 12.1 Å². The molecule has 1 unspecified atom stereocenters. The van der Waals surface area contributed by atoms with Gasteiger partial charge in [0.1, 0.15) is 11.8 Å². The summed E-state index contributed by atoms with van der Waals surface area (Å²) in [6, 6.07) is 15.2. The van der Waals surface area contributed by atoms with Crippen LogP contribution in [-0.2, 0) is 26.0 Å². The summed E-state index contributed by atoms with van der Waals surface area (Å²) >= 11 is 0. The van der Waals surface area contributed by atoms with Gasteiger partial charge in [-0.05, 0) is 29.8 Å². The molecule has 1 aliphatic rings. The van der Waals surface area contributed by atoms with Crippen molar-refractivity contribution in [3.05, 3.63) is 60.2 Å². The molecule has 1 fully saturated rings. The molecule has 1 heterocycles. The third-order valence-electron chi connectivity index (χ3n) is 5.00. The van der Waals surface area contributed by atoms with Gasteiger partial charge >= 0.3 is 0 Å². The molecule has 2 aromatic rings. The lowest BCUT2D eigenvalue weighted by molar-refractivity contribution is -0.136. The molecular weight excluding hydrogens is 422 g/mol. The molecular formula is C21H27N3O6S. The highest BCUT2D eigenvalue weighted by molar-refractivity contribution is 7.89. The summed E-state index contributed by atoms with van der Waals surface area (Å²) in [6.07, 6.45) is 0.748. The number of carbonyl (C=O) groups is 1. The third-order valence-corrected chi connectivity index (χ3v) is 6.44. The molecule has 1 aliphatic heterocycles. The van der Waals surface area contributed by atoms with Crippen LogP contribution in [0.3, 0.4) is 0 Å². The highest BCUT2D eigenvalue weighted by Gasteiger charge is 2.29. The Morgan fingerprint density at radius 1 is 1.10 bits per heavy atom. The second-order valence-electron chi connectivity index (χ2n) is 7.05. The van der Waals surface area contributed by atoms with Crippen molar-refractivity contribution < 1.29 is 27.9 Å². The molecule has 3 N–H and O–H groups in total. The van der Waals surface area contributed by atoms with Gasteiger partial charge in [0.05, 0.1) is 24.7 Å². The second-order valence-corrected chi connectivity index (χ2v) is 8.81. The number of amides is 1. The van der Waals surface area contributed by atoms with E-state index in [1.54, 1.807) is 22.5 Å². The van der Waals surface area contributed by atoms with Crippen LogP contribution < -0.4 is 14.9 Å². The van der Waals surface area contributed by atoms with E-state index in [2.05, 4.69) is 4.72 Å². The van der Waals surface area contributed by atoms with Gasteiger partial charge < -0.3 is 9.47 Å². The van der Waals surface area contributed by atoms with E-state index >= 15 is 0 Å². The van der Waals surface area contributed by atoms with Crippen molar-refractivity contribution in [2.24, 2.45) is 0 Å². The highest BCUT2D eigenvalue weighted by Crippen LogP contribution is 2.17. The maximum Gasteiger partial charge on any atom is 0.262 e. The van der Waals surface area contributed by atoms with E-state index in [9.17, 15) is 13.2 Å². The van der Waals surface area contributed by atoms with Gasteiger partial charge in [-0.15, -0.1) is 0 Å². The Kier molecular flexibility index (Phi) is 8.38. The van der Waals surface area contributed by atoms with Crippen LogP contribution in [0.1, 0.15) is 5.56 Å². The van der Waals surface area contributed by atoms with E-state index in [4.69, 9.17) is 14.7 Å². The van der Waals surface area contributed by atoms with Gasteiger partial charge in [-0.3, -0.25) is 14.9 Å². The molecule has 1 saturated heterocycles. The molecule has 3 rings (SSSR count). The highest BCUT2D eigenvalue weighted by atomic mass is 32.2. The molecule has 0 bridgehead atoms. The lowest BCUT2D eigenvalue weighted by atomic mass is 10.2. The SMILES string of the molecule is O=C(NO)C(CNS(=O)(=O)c1ccc(OCCc2ccccc2)cc1)N1CCOCC1. The standard InChI is InChI=1S/C21H27N3O6S/c25-21(23-26)20(24-11-14-29-15-12-24)16-22-31(27,28)19-8-6-18(7-9-19)30-13-10-17-4-2-1-3-5-17/h1-9,20,22,26H,10-16H2,(H,23,25). The van der Waals surface area contributed by atoms with Crippen molar-refractivity contribution >= 4 is 15.9 Å². The van der Waals surface area contributed by atoms with Gasteiger partial charge in [0.25, 0.3) is 5.91 Å². The maximum absolute atomic E-state index is 12.7. The molecule has 168 valence electrons. The van der Waals surface area contributed by atoms with Crippen LogP contribution in [0.5, 0.6) is 5.75 Å². The average molecular weight is 450 g/mol. The maximum atomic E-state index is 12.7. The zero-order chi connectivity index (χ0) is 22.1. The Morgan fingerprint density at radius 2 is 1.77 bits per heavy atom. The van der Waals surface area contributed by atoms with Gasteiger partial charge in [-0.25, -0.2) is 18.6 Å². The molecule has 31 heavy (non-hydrogen) atoms. The number of carbonyl (C=O) groups excluding carboxylic acids is 1. The van der Waals surface area contributed by atoms with Crippen LogP contribution in [0.2, 0.25) is 0 Å². The number of morpholine rings is 1. The van der Waals surface area contributed by atoms with E-state index in [-0.39, 0.29) is 11.4 Å². The lowest BCUT2D eigenvalue weighted by Gasteiger charge is -2.32. The van der Waals surface area contributed by atoms with E-state index < -0.39 is 22.0 Å². The Balaban J connectivity index is 1.55. The fraction of sp³-hybridized carbons (Fsp3) is 0.381. The summed E-state index contributed by atoms with van der Waals surface area (Å²) in [7, 11) is -3.84. The quantitative estimate of drug-likeness (QED) is 0.363. The summed E-state index contributed by atoms with van der Waals surface area (Å²) in [5.41, 5.74) is 2.76. The molecule has 1 atom stereocenters. The smallest absolute Gasteiger partial charge is 0.262 e. The molecule has 9 nitrogen and oxygen atoms in total. The van der Waals surface area contributed by atoms with Gasteiger partial charge in [0.2, 0.25) is 10.0 Å². The number of ether oxygens (including phenoxy) is 2. The first-order chi connectivity index (χ1) is 15.0. The molecule has 0 aromatic heterocycles. The van der Waals surface area contributed by atoms with Crippen molar-refractivity contribution in [2.45, 2.75) is 17.4 Å². The Hall–Kier alpha value is -2.50. The molecule has 1 amide bonds. The molecule has 10 heteroatoms. The van der Waals surface area contributed by atoms with Crippen molar-refractivity contribution in [2.75, 3.05) is 39.5 Å². The monoisotopic (exact) mass is 449 g/mol. The first-order valence-corrected chi connectivity index (χ1v) is 11.5. The van der Waals surface area contributed by atoms with Gasteiger partial charge in [-0.1, -0.05) is 30.3 Å². The van der Waals surface area contributed by atoms with Crippen LogP contribution in [0.25, 0.3) is 0 Å². The predicted molar refractivity (Wildman–Crippen MR) is 113 cm³/mol. The Bertz CT molecular complexity index is 931. The normalized spacial score (nSPS) is 15.9. The largest absolute Gasteiger partial charge is 0.493 e. The number of hydrogen-bond acceptors (Lipinski definition) is 7. The second kappa shape index (κ2) is 11.2. The topological polar surface area (TPSA) is 117 Å². The molecule has 0 spiro atoms. The van der Waals surface area contributed by atoms with Crippen LogP contribution in [-0.4, -0.2) is 69.9 Å². The number of nitrogens with zero attached hydrogens (tertiary/aromatic N) is 1. The number of benzene rings is 2. The zero-order valence-corrected chi connectivity index (χ0v) is 17.9. The van der Waals surface area contributed by atoms with E-state index in [0.29, 0.717) is 38.7 Å². The minimum atomic E-state index is -3.84. The van der Waals surface area contributed by atoms with Crippen molar-refractivity contribution in [3.63, 3.8) is 0 Å². The Morgan fingerprint density at radius 3 is 2.42 bits per heavy atom. The average Bonchev–Trinajstić information content (AvgIpc) is 2.81. The lowest BCUT2D eigenvalue weighted by Crippen LogP contribution is -2.55. The van der Waals surface area contributed by atoms with Gasteiger partial charge in [-0.2, -0.15) is 0 Å². The minimum absolute atomic E-state index is 0.0630. The molecule has 2 aromatic carbocycles.